The molecule has 0 saturated carbocycles. The lowest BCUT2D eigenvalue weighted by Crippen LogP contribution is -2.26. The molecule has 6 rings (SSSR count). The third-order valence-corrected chi connectivity index (χ3v) is 11.0. The smallest absolute Gasteiger partial charge is 0.169 e. The van der Waals surface area contributed by atoms with Gasteiger partial charge in [0.1, 0.15) is 11.5 Å². The molecule has 0 saturated heterocycles. The molecule has 0 amide bonds. The minimum absolute atomic E-state index is 0.235. The van der Waals surface area contributed by atoms with Gasteiger partial charge in [0.05, 0.1) is 25.4 Å². The summed E-state index contributed by atoms with van der Waals surface area (Å²) in [6.45, 7) is 14.8. The van der Waals surface area contributed by atoms with Crippen molar-refractivity contribution in [2.75, 3.05) is 13.2 Å². The van der Waals surface area contributed by atoms with Gasteiger partial charge in [-0.1, -0.05) is 164 Å². The lowest BCUT2D eigenvalue weighted by Gasteiger charge is -2.36. The first-order chi connectivity index (χ1) is 28.6. The van der Waals surface area contributed by atoms with Gasteiger partial charge in [-0.2, -0.15) is 0 Å². The van der Waals surface area contributed by atoms with Crippen LogP contribution in [0.15, 0.2) is 158 Å². The van der Waals surface area contributed by atoms with Gasteiger partial charge >= 0.3 is 0 Å². The molecule has 5 heteroatoms. The molecule has 2 atom stereocenters. The molecular weight excluding hydrogens is 729 g/mol. The minimum Gasteiger partial charge on any atom is -0.490 e. The summed E-state index contributed by atoms with van der Waals surface area (Å²) in [6, 6.07) is 53.9. The van der Waals surface area contributed by atoms with Crippen molar-refractivity contribution in [3.05, 3.63) is 180 Å². The molecule has 0 bridgehead atoms. The lowest BCUT2D eigenvalue weighted by molar-refractivity contribution is -0.0413. The normalized spacial score (nSPS) is 12.7. The minimum atomic E-state index is -0.330. The molecule has 59 heavy (non-hydrogen) atoms. The zero-order valence-electron chi connectivity index (χ0n) is 35.9. The fraction of sp³-hybridized carbons (Fsp3) is 0.333. The van der Waals surface area contributed by atoms with Gasteiger partial charge in [0.2, 0.25) is 0 Å². The number of para-hydroxylation sites is 2. The van der Waals surface area contributed by atoms with E-state index in [9.17, 15) is 0 Å². The maximum absolute atomic E-state index is 7.63. The van der Waals surface area contributed by atoms with Crippen LogP contribution in [0.25, 0.3) is 0 Å². The van der Waals surface area contributed by atoms with Crippen LogP contribution in [0.5, 0.6) is 34.5 Å². The summed E-state index contributed by atoms with van der Waals surface area (Å²) in [5, 5.41) is 0. The van der Waals surface area contributed by atoms with Crippen LogP contribution in [0, 0.1) is 0 Å². The van der Waals surface area contributed by atoms with Crippen LogP contribution >= 0.6 is 0 Å². The second kappa shape index (κ2) is 20.9. The molecule has 308 valence electrons. The number of ether oxygens (including phenoxy) is 5. The van der Waals surface area contributed by atoms with E-state index in [-0.39, 0.29) is 23.0 Å². The standard InChI is InChI=1S/C54H62O5/c1-7-9-35-55-47-33-31-41(37-49(47)57-45-27-19-13-20-28-45)51(39-53(3,4)43-23-15-11-16-24-43)59-52(40-54(5,6)44-25-17-12-18-26-44)42-32-34-48(56-36-10-8-2)50(38-42)58-46-29-21-14-22-30-46/h11-34,37-38,51-52H,7-10,35-36,39-40H2,1-6H3. The molecule has 0 N–H and O–H groups in total. The maximum Gasteiger partial charge on any atom is 0.169 e. The molecule has 0 aromatic heterocycles. The molecule has 0 radical (unpaired) electrons. The Morgan fingerprint density at radius 1 is 0.424 bits per heavy atom. The Hall–Kier alpha value is -5.52. The van der Waals surface area contributed by atoms with Gasteiger partial charge in [-0.15, -0.1) is 0 Å². The summed E-state index contributed by atoms with van der Waals surface area (Å²) >= 11 is 0. The van der Waals surface area contributed by atoms with E-state index in [1.807, 2.05) is 72.8 Å². The first-order valence-electron chi connectivity index (χ1n) is 21.4. The highest BCUT2D eigenvalue weighted by Crippen LogP contribution is 2.46. The second-order valence-corrected chi connectivity index (χ2v) is 16.7. The van der Waals surface area contributed by atoms with Crippen LogP contribution in [-0.4, -0.2) is 13.2 Å². The molecular formula is C54H62O5. The Morgan fingerprint density at radius 3 is 1.14 bits per heavy atom. The molecule has 6 aromatic carbocycles. The van der Waals surface area contributed by atoms with E-state index in [0.29, 0.717) is 37.6 Å². The number of hydrogen-bond donors (Lipinski definition) is 0. The van der Waals surface area contributed by atoms with Crippen LogP contribution in [0.1, 0.15) is 115 Å². The Balaban J connectivity index is 1.46. The van der Waals surface area contributed by atoms with Gasteiger partial charge in [0, 0.05) is 0 Å². The zero-order chi connectivity index (χ0) is 41.5. The van der Waals surface area contributed by atoms with Crippen LogP contribution in [0.4, 0.5) is 0 Å². The number of benzene rings is 6. The van der Waals surface area contributed by atoms with Crippen LogP contribution in [0.2, 0.25) is 0 Å². The maximum atomic E-state index is 7.63. The summed E-state index contributed by atoms with van der Waals surface area (Å²) in [5.74, 6) is 4.28. The lowest BCUT2D eigenvalue weighted by atomic mass is 9.77. The van der Waals surface area contributed by atoms with Crippen molar-refractivity contribution < 1.29 is 23.7 Å². The van der Waals surface area contributed by atoms with Gasteiger partial charge in [-0.05, 0) is 107 Å². The van der Waals surface area contributed by atoms with E-state index >= 15 is 0 Å². The van der Waals surface area contributed by atoms with E-state index in [1.54, 1.807) is 0 Å². The topological polar surface area (TPSA) is 46.2 Å². The summed E-state index contributed by atoms with van der Waals surface area (Å²) < 4.78 is 33.5. The molecule has 0 aliphatic rings. The molecule has 0 aliphatic carbocycles. The molecule has 0 aliphatic heterocycles. The van der Waals surface area contributed by atoms with Crippen LogP contribution < -0.4 is 18.9 Å². The van der Waals surface area contributed by atoms with Crippen LogP contribution in [0.3, 0.4) is 0 Å². The monoisotopic (exact) mass is 790 g/mol. The highest BCUT2D eigenvalue weighted by molar-refractivity contribution is 5.48. The van der Waals surface area contributed by atoms with Crippen LogP contribution in [-0.2, 0) is 15.6 Å². The molecule has 0 fully saturated rings. The Bertz CT molecular complexity index is 1980. The number of hydrogen-bond acceptors (Lipinski definition) is 5. The van der Waals surface area contributed by atoms with E-state index in [1.165, 1.54) is 11.1 Å². The van der Waals surface area contributed by atoms with Crippen molar-refractivity contribution in [3.63, 3.8) is 0 Å². The van der Waals surface area contributed by atoms with Crippen molar-refractivity contribution in [1.82, 2.24) is 0 Å². The first kappa shape index (κ1) is 43.1. The fourth-order valence-electron chi connectivity index (χ4n) is 7.36. The Kier molecular flexibility index (Phi) is 15.3. The molecule has 5 nitrogen and oxygen atoms in total. The van der Waals surface area contributed by atoms with E-state index < -0.39 is 0 Å². The average molecular weight is 791 g/mol. The van der Waals surface area contributed by atoms with Crippen molar-refractivity contribution in [1.29, 1.82) is 0 Å². The highest BCUT2D eigenvalue weighted by Gasteiger charge is 2.34. The van der Waals surface area contributed by atoms with Crippen molar-refractivity contribution in [2.45, 2.75) is 103 Å². The van der Waals surface area contributed by atoms with Gasteiger partial charge in [-0.3, -0.25) is 0 Å². The third-order valence-electron chi connectivity index (χ3n) is 11.0. The molecule has 6 aromatic rings. The largest absolute Gasteiger partial charge is 0.490 e. The highest BCUT2D eigenvalue weighted by atomic mass is 16.5. The SMILES string of the molecule is CCCCOc1ccc(C(CC(C)(C)c2ccccc2)OC(CC(C)(C)c2ccccc2)c2ccc(OCCCC)c(Oc3ccccc3)c2)cc1Oc1ccccc1. The Labute approximate surface area is 353 Å². The molecule has 2 unspecified atom stereocenters. The number of unbranched alkanes of at least 4 members (excludes halogenated alkanes) is 2. The summed E-state index contributed by atoms with van der Waals surface area (Å²) in [6.07, 6.45) is 4.77. The number of rotatable bonds is 22. The fourth-order valence-corrected chi connectivity index (χ4v) is 7.36. The van der Waals surface area contributed by atoms with Gasteiger partial charge < -0.3 is 23.7 Å². The van der Waals surface area contributed by atoms with Gasteiger partial charge in [0.15, 0.2) is 23.0 Å². The third kappa shape index (κ3) is 12.3. The van der Waals surface area contributed by atoms with Gasteiger partial charge in [-0.25, -0.2) is 0 Å². The van der Waals surface area contributed by atoms with E-state index in [4.69, 9.17) is 23.7 Å². The quantitative estimate of drug-likeness (QED) is 0.0641. The van der Waals surface area contributed by atoms with Crippen molar-refractivity contribution in [2.24, 2.45) is 0 Å². The molecule has 0 heterocycles. The predicted octanol–water partition coefficient (Wildman–Crippen LogP) is 15.2. The van der Waals surface area contributed by atoms with E-state index in [0.717, 1.165) is 59.8 Å². The second-order valence-electron chi connectivity index (χ2n) is 16.7. The Morgan fingerprint density at radius 2 is 0.780 bits per heavy atom. The molecule has 0 spiro atoms. The zero-order valence-corrected chi connectivity index (χ0v) is 35.9. The van der Waals surface area contributed by atoms with Crippen molar-refractivity contribution in [3.8, 4) is 34.5 Å². The summed E-state index contributed by atoms with van der Waals surface area (Å²) in [7, 11) is 0. The van der Waals surface area contributed by atoms with E-state index in [2.05, 4.69) is 126 Å². The average Bonchev–Trinajstić information content (AvgIpc) is 3.25. The van der Waals surface area contributed by atoms with Gasteiger partial charge in [0.25, 0.3) is 0 Å². The first-order valence-corrected chi connectivity index (χ1v) is 21.4. The van der Waals surface area contributed by atoms with Crippen molar-refractivity contribution >= 4 is 0 Å². The summed E-state index contributed by atoms with van der Waals surface area (Å²) in [5.41, 5.74) is 4.07. The summed E-state index contributed by atoms with van der Waals surface area (Å²) in [4.78, 5) is 0. The predicted molar refractivity (Wildman–Crippen MR) is 241 cm³/mol.